The van der Waals surface area contributed by atoms with Crippen LogP contribution < -0.4 is 5.32 Å². The Hall–Kier alpha value is -1.36. The Bertz CT molecular complexity index is 652. The van der Waals surface area contributed by atoms with E-state index in [0.717, 1.165) is 0 Å². The van der Waals surface area contributed by atoms with Crippen LogP contribution in [0, 0.1) is 0 Å². The van der Waals surface area contributed by atoms with E-state index in [1.54, 1.807) is 23.6 Å². The van der Waals surface area contributed by atoms with Crippen LogP contribution in [0.2, 0.25) is 10.0 Å². The Morgan fingerprint density at radius 2 is 2.16 bits per heavy atom. The van der Waals surface area contributed by atoms with E-state index in [-0.39, 0.29) is 5.78 Å². The van der Waals surface area contributed by atoms with Gasteiger partial charge in [-0.3, -0.25) is 4.79 Å². The van der Waals surface area contributed by atoms with Crippen molar-refractivity contribution in [3.63, 3.8) is 0 Å². The van der Waals surface area contributed by atoms with E-state index in [1.165, 1.54) is 18.3 Å². The molecule has 0 bridgehead atoms. The SMILES string of the molecule is C=C(C(C)=O)c1csc(Nc2cc(Cl)ccc2Cl)n1. The molecular weight excluding hydrogens is 303 g/mol. The quantitative estimate of drug-likeness (QED) is 0.825. The number of benzene rings is 1. The molecule has 2 aromatic rings. The lowest BCUT2D eigenvalue weighted by Crippen LogP contribution is -1.95. The fraction of sp³-hybridized carbons (Fsp3) is 0.0769. The molecule has 0 saturated carbocycles. The van der Waals surface area contributed by atoms with Crippen molar-refractivity contribution >= 4 is 56.7 Å². The number of allylic oxidation sites excluding steroid dienone is 1. The third-order valence-corrected chi connectivity index (χ3v) is 3.73. The highest BCUT2D eigenvalue weighted by Crippen LogP contribution is 2.30. The lowest BCUT2D eigenvalue weighted by molar-refractivity contribution is -0.111. The highest BCUT2D eigenvalue weighted by molar-refractivity contribution is 7.14. The summed E-state index contributed by atoms with van der Waals surface area (Å²) in [7, 11) is 0. The Balaban J connectivity index is 2.23. The lowest BCUT2D eigenvalue weighted by atomic mass is 10.2. The minimum absolute atomic E-state index is 0.0994. The van der Waals surface area contributed by atoms with Crippen molar-refractivity contribution in [1.82, 2.24) is 4.98 Å². The van der Waals surface area contributed by atoms with Gasteiger partial charge in [0.15, 0.2) is 10.9 Å². The first-order valence-corrected chi connectivity index (χ1v) is 6.98. The first-order chi connectivity index (χ1) is 8.97. The molecule has 0 fully saturated rings. The lowest BCUT2D eigenvalue weighted by Gasteiger charge is -2.05. The maximum Gasteiger partial charge on any atom is 0.187 e. The second kappa shape index (κ2) is 5.74. The smallest absolute Gasteiger partial charge is 0.187 e. The molecule has 1 N–H and O–H groups in total. The van der Waals surface area contributed by atoms with E-state index in [9.17, 15) is 4.79 Å². The van der Waals surface area contributed by atoms with Gasteiger partial charge < -0.3 is 5.32 Å². The van der Waals surface area contributed by atoms with Crippen LogP contribution in [-0.4, -0.2) is 10.8 Å². The molecule has 0 unspecified atom stereocenters. The van der Waals surface area contributed by atoms with Crippen molar-refractivity contribution < 1.29 is 4.79 Å². The van der Waals surface area contributed by atoms with Gasteiger partial charge in [0.05, 0.1) is 16.4 Å². The molecule has 98 valence electrons. The van der Waals surface area contributed by atoms with Crippen LogP contribution in [0.25, 0.3) is 5.57 Å². The number of ketones is 1. The van der Waals surface area contributed by atoms with Gasteiger partial charge in [0.2, 0.25) is 0 Å². The van der Waals surface area contributed by atoms with Crippen LogP contribution >= 0.6 is 34.5 Å². The first kappa shape index (κ1) is 14.1. The molecule has 3 nitrogen and oxygen atoms in total. The number of carbonyl (C=O) groups excluding carboxylic acids is 1. The second-order valence-electron chi connectivity index (χ2n) is 3.82. The summed E-state index contributed by atoms with van der Waals surface area (Å²) in [5, 5.41) is 6.59. The Morgan fingerprint density at radius 1 is 1.42 bits per heavy atom. The fourth-order valence-corrected chi connectivity index (χ4v) is 2.43. The van der Waals surface area contributed by atoms with E-state index in [0.29, 0.717) is 32.1 Å². The first-order valence-electron chi connectivity index (χ1n) is 5.35. The van der Waals surface area contributed by atoms with E-state index in [1.807, 2.05) is 0 Å². The maximum atomic E-state index is 11.2. The average molecular weight is 313 g/mol. The summed E-state index contributed by atoms with van der Waals surface area (Å²) < 4.78 is 0. The Labute approximate surface area is 124 Å². The van der Waals surface area contributed by atoms with Gasteiger partial charge in [-0.05, 0) is 25.1 Å². The van der Waals surface area contributed by atoms with E-state index >= 15 is 0 Å². The van der Waals surface area contributed by atoms with Gasteiger partial charge in [-0.25, -0.2) is 4.98 Å². The van der Waals surface area contributed by atoms with Crippen LogP contribution in [0.3, 0.4) is 0 Å². The van der Waals surface area contributed by atoms with E-state index in [4.69, 9.17) is 23.2 Å². The van der Waals surface area contributed by atoms with Crippen LogP contribution in [0.4, 0.5) is 10.8 Å². The third kappa shape index (κ3) is 3.35. The molecule has 0 aliphatic heterocycles. The predicted molar refractivity (Wildman–Crippen MR) is 81.6 cm³/mol. The monoisotopic (exact) mass is 312 g/mol. The molecule has 0 spiro atoms. The van der Waals surface area contributed by atoms with Gasteiger partial charge in [-0.2, -0.15) is 0 Å². The Morgan fingerprint density at radius 3 is 2.84 bits per heavy atom. The number of Topliss-reactive ketones (excluding diaryl/α,β-unsaturated/α-hetero) is 1. The van der Waals surface area contributed by atoms with Crippen molar-refractivity contribution in [2.75, 3.05) is 5.32 Å². The largest absolute Gasteiger partial charge is 0.330 e. The van der Waals surface area contributed by atoms with Gasteiger partial charge in [0.25, 0.3) is 0 Å². The molecule has 0 radical (unpaired) electrons. The number of hydrogen-bond acceptors (Lipinski definition) is 4. The standard InChI is InChI=1S/C13H10Cl2N2OS/c1-7(8(2)18)12-6-19-13(17-12)16-11-5-9(14)3-4-10(11)15/h3-6H,1H2,2H3,(H,16,17). The summed E-state index contributed by atoms with van der Waals surface area (Å²) in [6.07, 6.45) is 0. The zero-order valence-corrected chi connectivity index (χ0v) is 12.4. The normalized spacial score (nSPS) is 10.3. The van der Waals surface area contributed by atoms with Gasteiger partial charge in [-0.15, -0.1) is 11.3 Å². The minimum atomic E-state index is -0.0994. The van der Waals surface area contributed by atoms with Crippen molar-refractivity contribution in [3.05, 3.63) is 45.9 Å². The molecular formula is C13H10Cl2N2OS. The second-order valence-corrected chi connectivity index (χ2v) is 5.52. The minimum Gasteiger partial charge on any atom is -0.330 e. The predicted octanol–water partition coefficient (Wildman–Crippen LogP) is 4.80. The van der Waals surface area contributed by atoms with Crippen LogP contribution in [0.15, 0.2) is 30.2 Å². The molecule has 0 atom stereocenters. The number of rotatable bonds is 4. The Kier molecular flexibility index (Phi) is 4.24. The topological polar surface area (TPSA) is 42.0 Å². The van der Waals surface area contributed by atoms with Gasteiger partial charge >= 0.3 is 0 Å². The van der Waals surface area contributed by atoms with Crippen molar-refractivity contribution in [1.29, 1.82) is 0 Å². The maximum absolute atomic E-state index is 11.2. The molecule has 6 heteroatoms. The molecule has 0 amide bonds. The van der Waals surface area contributed by atoms with Gasteiger partial charge in [0, 0.05) is 16.0 Å². The van der Waals surface area contributed by atoms with Crippen LogP contribution in [-0.2, 0) is 4.79 Å². The molecule has 0 saturated heterocycles. The summed E-state index contributed by atoms with van der Waals surface area (Å²) in [6, 6.07) is 5.12. The van der Waals surface area contributed by atoms with Gasteiger partial charge in [-0.1, -0.05) is 29.8 Å². The van der Waals surface area contributed by atoms with Crippen molar-refractivity contribution in [3.8, 4) is 0 Å². The molecule has 2 rings (SSSR count). The summed E-state index contributed by atoms with van der Waals surface area (Å²) in [5.41, 5.74) is 1.63. The number of carbonyl (C=O) groups is 1. The molecule has 1 aromatic heterocycles. The molecule has 0 aliphatic carbocycles. The van der Waals surface area contributed by atoms with E-state index < -0.39 is 0 Å². The number of nitrogens with zero attached hydrogens (tertiary/aromatic N) is 1. The number of hydrogen-bond donors (Lipinski definition) is 1. The van der Waals surface area contributed by atoms with Crippen molar-refractivity contribution in [2.24, 2.45) is 0 Å². The highest BCUT2D eigenvalue weighted by Gasteiger charge is 2.10. The van der Waals surface area contributed by atoms with Crippen molar-refractivity contribution in [2.45, 2.75) is 6.92 Å². The number of anilines is 2. The molecule has 1 aromatic carbocycles. The molecule has 0 aliphatic rings. The molecule has 1 heterocycles. The summed E-state index contributed by atoms with van der Waals surface area (Å²) in [5.74, 6) is -0.0994. The fourth-order valence-electron chi connectivity index (χ4n) is 1.36. The van der Waals surface area contributed by atoms with E-state index in [2.05, 4.69) is 16.9 Å². The number of nitrogens with one attached hydrogen (secondary N) is 1. The number of thiazole rings is 1. The van der Waals surface area contributed by atoms with Gasteiger partial charge in [0.1, 0.15) is 0 Å². The average Bonchev–Trinajstić information content (AvgIpc) is 2.81. The number of halogens is 2. The summed E-state index contributed by atoms with van der Waals surface area (Å²) in [4.78, 5) is 15.5. The zero-order valence-electron chi connectivity index (χ0n) is 10.0. The highest BCUT2D eigenvalue weighted by atomic mass is 35.5. The van der Waals surface area contributed by atoms with Crippen LogP contribution in [0.5, 0.6) is 0 Å². The summed E-state index contributed by atoms with van der Waals surface area (Å²) >= 11 is 13.3. The molecule has 19 heavy (non-hydrogen) atoms. The summed E-state index contributed by atoms with van der Waals surface area (Å²) in [6.45, 7) is 5.16. The number of aromatic nitrogens is 1. The zero-order chi connectivity index (χ0) is 14.0. The van der Waals surface area contributed by atoms with Crippen LogP contribution in [0.1, 0.15) is 12.6 Å². The third-order valence-electron chi connectivity index (χ3n) is 2.41.